The quantitative estimate of drug-likeness (QED) is 0.686. The molecule has 0 fully saturated rings. The van der Waals surface area contributed by atoms with Gasteiger partial charge in [0.1, 0.15) is 5.82 Å². The molecule has 1 N–H and O–H groups in total. The van der Waals surface area contributed by atoms with Gasteiger partial charge in [-0.3, -0.25) is 20.0 Å². The number of nitro benzene ring substituents is 1. The molecular weight excluding hydrogens is 298 g/mol. The van der Waals surface area contributed by atoms with Gasteiger partial charge in [-0.15, -0.1) is 0 Å². The van der Waals surface area contributed by atoms with E-state index in [-0.39, 0.29) is 22.8 Å². The van der Waals surface area contributed by atoms with Crippen LogP contribution in [0.15, 0.2) is 18.2 Å². The highest BCUT2D eigenvalue weighted by atomic mass is 35.5. The fraction of sp³-hybridized carbons (Fsp3) is 0.250. The second-order valence-corrected chi connectivity index (χ2v) is 4.83. The number of rotatable bonds is 4. The Morgan fingerprint density at radius 3 is 2.81 bits per heavy atom. The molecule has 8 nitrogen and oxygen atoms in total. The number of amides is 1. The molecule has 1 aromatic carbocycles. The molecule has 21 heavy (non-hydrogen) atoms. The van der Waals surface area contributed by atoms with Crippen molar-refractivity contribution in [2.75, 3.05) is 7.05 Å². The number of benzene rings is 1. The van der Waals surface area contributed by atoms with Crippen LogP contribution in [-0.4, -0.2) is 38.0 Å². The summed E-state index contributed by atoms with van der Waals surface area (Å²) in [6.07, 6.45) is 0. The van der Waals surface area contributed by atoms with Crippen LogP contribution in [-0.2, 0) is 6.54 Å². The number of hydrogen-bond donors (Lipinski definition) is 1. The number of nitrogens with zero attached hydrogens (tertiary/aromatic N) is 4. The lowest BCUT2D eigenvalue weighted by Gasteiger charge is -2.15. The van der Waals surface area contributed by atoms with Crippen LogP contribution < -0.4 is 0 Å². The smallest absolute Gasteiger partial charge is 0.270 e. The topological polar surface area (TPSA) is 105 Å². The predicted molar refractivity (Wildman–Crippen MR) is 75.0 cm³/mol. The Labute approximate surface area is 124 Å². The number of aromatic amines is 1. The lowest BCUT2D eigenvalue weighted by atomic mass is 10.1. The molecule has 0 bridgehead atoms. The Kier molecular flexibility index (Phi) is 4.18. The molecular formula is C12H12ClN5O3. The van der Waals surface area contributed by atoms with E-state index in [4.69, 9.17) is 11.6 Å². The number of carbonyl (C=O) groups is 1. The molecule has 0 aliphatic rings. The van der Waals surface area contributed by atoms with Crippen molar-refractivity contribution in [3.05, 3.63) is 50.5 Å². The van der Waals surface area contributed by atoms with Crippen molar-refractivity contribution in [1.29, 1.82) is 0 Å². The molecule has 0 saturated heterocycles. The zero-order valence-electron chi connectivity index (χ0n) is 11.3. The molecule has 2 aromatic rings. The van der Waals surface area contributed by atoms with Gasteiger partial charge in [0, 0.05) is 19.2 Å². The van der Waals surface area contributed by atoms with Gasteiger partial charge in [-0.2, -0.15) is 5.10 Å². The summed E-state index contributed by atoms with van der Waals surface area (Å²) >= 11 is 5.94. The normalized spacial score (nSPS) is 10.4. The minimum atomic E-state index is -0.578. The number of aryl methyl sites for hydroxylation is 1. The summed E-state index contributed by atoms with van der Waals surface area (Å²) in [5, 5.41) is 17.5. The summed E-state index contributed by atoms with van der Waals surface area (Å²) in [7, 11) is 1.54. The molecule has 0 atom stereocenters. The van der Waals surface area contributed by atoms with Gasteiger partial charge in [0.2, 0.25) is 0 Å². The highest BCUT2D eigenvalue weighted by Gasteiger charge is 2.20. The second-order valence-electron chi connectivity index (χ2n) is 4.42. The summed E-state index contributed by atoms with van der Waals surface area (Å²) in [5.74, 6) is 0.648. The van der Waals surface area contributed by atoms with Crippen LogP contribution in [0.4, 0.5) is 5.69 Å². The van der Waals surface area contributed by atoms with E-state index < -0.39 is 10.8 Å². The zero-order chi connectivity index (χ0) is 15.6. The van der Waals surface area contributed by atoms with E-state index in [9.17, 15) is 14.9 Å². The highest BCUT2D eigenvalue weighted by Crippen LogP contribution is 2.23. The van der Waals surface area contributed by atoms with Crippen molar-refractivity contribution in [3.8, 4) is 0 Å². The predicted octanol–water partition coefficient (Wildman–Crippen LogP) is 1.95. The van der Waals surface area contributed by atoms with Crippen LogP contribution in [0.3, 0.4) is 0 Å². The van der Waals surface area contributed by atoms with E-state index in [1.165, 1.54) is 17.0 Å². The number of non-ortho nitro benzene ring substituents is 1. The highest BCUT2D eigenvalue weighted by molar-refractivity contribution is 6.33. The fourth-order valence-corrected chi connectivity index (χ4v) is 1.94. The summed E-state index contributed by atoms with van der Waals surface area (Å²) in [6, 6.07) is 3.74. The van der Waals surface area contributed by atoms with Crippen molar-refractivity contribution in [3.63, 3.8) is 0 Å². The van der Waals surface area contributed by atoms with Crippen LogP contribution >= 0.6 is 11.6 Å². The molecule has 2 rings (SSSR count). The minimum Gasteiger partial charge on any atom is -0.334 e. The first kappa shape index (κ1) is 14.9. The molecule has 0 radical (unpaired) electrons. The third kappa shape index (κ3) is 3.34. The van der Waals surface area contributed by atoms with Crippen molar-refractivity contribution in [1.82, 2.24) is 20.1 Å². The monoisotopic (exact) mass is 309 g/mol. The van der Waals surface area contributed by atoms with E-state index in [0.717, 1.165) is 6.07 Å². The van der Waals surface area contributed by atoms with Crippen molar-refractivity contribution in [2.45, 2.75) is 13.5 Å². The maximum absolute atomic E-state index is 12.3. The van der Waals surface area contributed by atoms with Gasteiger partial charge < -0.3 is 4.90 Å². The number of carbonyl (C=O) groups excluding carboxylic acids is 1. The summed E-state index contributed by atoms with van der Waals surface area (Å²) in [4.78, 5) is 27.9. The van der Waals surface area contributed by atoms with Gasteiger partial charge in [-0.05, 0) is 13.0 Å². The average Bonchev–Trinajstić information content (AvgIpc) is 2.83. The van der Waals surface area contributed by atoms with E-state index in [1.54, 1.807) is 14.0 Å². The Morgan fingerprint density at radius 2 is 2.24 bits per heavy atom. The number of halogens is 1. The molecule has 1 amide bonds. The number of hydrogen-bond acceptors (Lipinski definition) is 5. The van der Waals surface area contributed by atoms with E-state index in [2.05, 4.69) is 15.2 Å². The van der Waals surface area contributed by atoms with Crippen LogP contribution in [0.1, 0.15) is 22.0 Å². The molecule has 9 heteroatoms. The summed E-state index contributed by atoms with van der Waals surface area (Å²) < 4.78 is 0. The molecule has 0 unspecified atom stereocenters. The standard InChI is InChI=1S/C12H12ClN5O3/c1-7-14-11(16-15-7)6-17(2)12(19)9-5-8(18(20)21)3-4-10(9)13/h3-5H,6H2,1-2H3,(H,14,15,16). The number of nitro groups is 1. The van der Waals surface area contributed by atoms with Gasteiger partial charge in [-0.1, -0.05) is 11.6 Å². The van der Waals surface area contributed by atoms with Crippen molar-refractivity contribution >= 4 is 23.2 Å². The Hall–Kier alpha value is -2.48. The average molecular weight is 310 g/mol. The molecule has 110 valence electrons. The Morgan fingerprint density at radius 1 is 1.52 bits per heavy atom. The zero-order valence-corrected chi connectivity index (χ0v) is 12.1. The van der Waals surface area contributed by atoms with E-state index >= 15 is 0 Å². The summed E-state index contributed by atoms with van der Waals surface area (Å²) in [6.45, 7) is 1.91. The Balaban J connectivity index is 2.22. The third-order valence-electron chi connectivity index (χ3n) is 2.76. The SMILES string of the molecule is Cc1nc(CN(C)C(=O)c2cc([N+](=O)[O-])ccc2Cl)n[nH]1. The Bertz CT molecular complexity index is 700. The minimum absolute atomic E-state index is 0.0700. The number of aromatic nitrogens is 3. The van der Waals surface area contributed by atoms with E-state index in [0.29, 0.717) is 11.6 Å². The molecule has 1 aromatic heterocycles. The maximum atomic E-state index is 12.3. The lowest BCUT2D eigenvalue weighted by Crippen LogP contribution is -2.27. The molecule has 1 heterocycles. The molecule has 0 spiro atoms. The first-order chi connectivity index (χ1) is 9.88. The molecule has 0 aliphatic carbocycles. The van der Waals surface area contributed by atoms with Crippen LogP contribution in [0.5, 0.6) is 0 Å². The van der Waals surface area contributed by atoms with Gasteiger partial charge in [0.05, 0.1) is 22.1 Å². The van der Waals surface area contributed by atoms with Crippen molar-refractivity contribution < 1.29 is 9.72 Å². The van der Waals surface area contributed by atoms with Gasteiger partial charge in [-0.25, -0.2) is 4.98 Å². The number of H-pyrrole nitrogens is 1. The fourth-order valence-electron chi connectivity index (χ4n) is 1.74. The van der Waals surface area contributed by atoms with Gasteiger partial charge in [0.15, 0.2) is 5.82 Å². The van der Waals surface area contributed by atoms with Crippen LogP contribution in [0.25, 0.3) is 0 Å². The summed E-state index contributed by atoms with van der Waals surface area (Å²) in [5.41, 5.74) is -0.120. The first-order valence-corrected chi connectivity index (χ1v) is 6.33. The largest absolute Gasteiger partial charge is 0.334 e. The van der Waals surface area contributed by atoms with E-state index in [1.807, 2.05) is 0 Å². The van der Waals surface area contributed by atoms with Crippen LogP contribution in [0.2, 0.25) is 5.02 Å². The van der Waals surface area contributed by atoms with Crippen LogP contribution in [0, 0.1) is 17.0 Å². The molecule has 0 saturated carbocycles. The molecule has 0 aliphatic heterocycles. The lowest BCUT2D eigenvalue weighted by molar-refractivity contribution is -0.384. The first-order valence-electron chi connectivity index (χ1n) is 5.95. The number of nitrogens with one attached hydrogen (secondary N) is 1. The third-order valence-corrected chi connectivity index (χ3v) is 3.09. The second kappa shape index (κ2) is 5.88. The maximum Gasteiger partial charge on any atom is 0.270 e. The van der Waals surface area contributed by atoms with Gasteiger partial charge >= 0.3 is 0 Å². The van der Waals surface area contributed by atoms with Gasteiger partial charge in [0.25, 0.3) is 11.6 Å². The van der Waals surface area contributed by atoms with Crippen molar-refractivity contribution in [2.24, 2.45) is 0 Å².